The van der Waals surface area contributed by atoms with Crippen molar-refractivity contribution in [1.82, 2.24) is 0 Å². The molecule has 0 bridgehead atoms. The Morgan fingerprint density at radius 3 is 2.79 bits per heavy atom. The molecule has 0 aliphatic heterocycles. The highest BCUT2D eigenvalue weighted by Gasteiger charge is 2.11. The minimum atomic E-state index is -0.00984. The minimum absolute atomic E-state index is 0.00984. The molecule has 0 fully saturated rings. The number of aryl methyl sites for hydroxylation is 1. The van der Waals surface area contributed by atoms with Gasteiger partial charge in [-0.25, -0.2) is 0 Å². The van der Waals surface area contributed by atoms with Gasteiger partial charge in [0.1, 0.15) is 5.75 Å². The lowest BCUT2D eigenvalue weighted by atomic mass is 10.1. The molecular formula is C14H21BrN2O2. The summed E-state index contributed by atoms with van der Waals surface area (Å²) < 4.78 is 6.21. The van der Waals surface area contributed by atoms with E-state index in [2.05, 4.69) is 21.2 Å². The van der Waals surface area contributed by atoms with Crippen molar-refractivity contribution < 1.29 is 9.53 Å². The van der Waals surface area contributed by atoms with Gasteiger partial charge in [0.2, 0.25) is 5.91 Å². The van der Waals surface area contributed by atoms with Gasteiger partial charge in [-0.2, -0.15) is 0 Å². The van der Waals surface area contributed by atoms with Crippen molar-refractivity contribution in [2.45, 2.75) is 39.2 Å². The van der Waals surface area contributed by atoms with Crippen molar-refractivity contribution in [3.8, 4) is 5.75 Å². The monoisotopic (exact) mass is 328 g/mol. The summed E-state index contributed by atoms with van der Waals surface area (Å²) in [6.45, 7) is 3.88. The lowest BCUT2D eigenvalue weighted by Gasteiger charge is -2.14. The summed E-state index contributed by atoms with van der Waals surface area (Å²) in [5.74, 6) is 0.650. The lowest BCUT2D eigenvalue weighted by Crippen LogP contribution is -2.17. The number of methoxy groups -OCH3 is 1. The Kier molecular flexibility index (Phi) is 6.31. The van der Waals surface area contributed by atoms with Gasteiger partial charge in [-0.1, -0.05) is 15.9 Å². The molecule has 0 saturated carbocycles. The molecule has 0 aliphatic carbocycles. The Hall–Kier alpha value is -1.07. The van der Waals surface area contributed by atoms with Gasteiger partial charge in [-0.15, -0.1) is 0 Å². The van der Waals surface area contributed by atoms with Gasteiger partial charge in [-0.05, 0) is 44.4 Å². The van der Waals surface area contributed by atoms with Crippen molar-refractivity contribution in [2.24, 2.45) is 5.73 Å². The molecule has 1 atom stereocenters. The predicted molar refractivity (Wildman–Crippen MR) is 81.6 cm³/mol. The molecule has 0 heterocycles. The zero-order valence-electron chi connectivity index (χ0n) is 11.6. The average Bonchev–Trinajstić information content (AvgIpc) is 2.31. The van der Waals surface area contributed by atoms with E-state index in [-0.39, 0.29) is 11.9 Å². The largest absolute Gasteiger partial charge is 0.495 e. The van der Waals surface area contributed by atoms with Crippen LogP contribution in [0.15, 0.2) is 16.6 Å². The zero-order valence-corrected chi connectivity index (χ0v) is 13.2. The van der Waals surface area contributed by atoms with E-state index in [9.17, 15) is 4.79 Å². The average molecular weight is 329 g/mol. The number of amides is 1. The Bertz CT molecular complexity index is 447. The summed E-state index contributed by atoms with van der Waals surface area (Å²) >= 11 is 3.41. The first-order valence-corrected chi connectivity index (χ1v) is 7.13. The fraction of sp³-hybridized carbons (Fsp3) is 0.500. The number of halogens is 1. The second-order valence-corrected chi connectivity index (χ2v) is 5.63. The highest BCUT2D eigenvalue weighted by atomic mass is 79.9. The normalized spacial score (nSPS) is 12.1. The molecule has 1 unspecified atom stereocenters. The fourth-order valence-electron chi connectivity index (χ4n) is 1.82. The third kappa shape index (κ3) is 5.20. The minimum Gasteiger partial charge on any atom is -0.495 e. The molecular weight excluding hydrogens is 308 g/mol. The Labute approximate surface area is 122 Å². The Morgan fingerprint density at radius 1 is 1.53 bits per heavy atom. The standard InChI is InChI=1S/C14H21BrN2O2/c1-9-7-11(15)8-12(19-3)14(9)17-13(18)6-4-5-10(2)16/h7-8,10H,4-6,16H2,1-3H3,(H,17,18). The van der Waals surface area contributed by atoms with Crippen molar-refractivity contribution in [3.63, 3.8) is 0 Å². The van der Waals surface area contributed by atoms with E-state index in [1.807, 2.05) is 26.0 Å². The molecule has 5 heteroatoms. The Morgan fingerprint density at radius 2 is 2.21 bits per heavy atom. The van der Waals surface area contributed by atoms with Crippen LogP contribution in [0.2, 0.25) is 0 Å². The maximum absolute atomic E-state index is 11.9. The van der Waals surface area contributed by atoms with Crippen LogP contribution in [0, 0.1) is 6.92 Å². The van der Waals surface area contributed by atoms with E-state index in [4.69, 9.17) is 10.5 Å². The molecule has 1 aromatic rings. The number of ether oxygens (including phenoxy) is 1. The Balaban J connectivity index is 2.68. The number of hydrogen-bond donors (Lipinski definition) is 2. The third-order valence-corrected chi connectivity index (χ3v) is 3.27. The van der Waals surface area contributed by atoms with Crippen LogP contribution in [-0.4, -0.2) is 19.1 Å². The topological polar surface area (TPSA) is 64.3 Å². The number of hydrogen-bond acceptors (Lipinski definition) is 3. The van der Waals surface area contributed by atoms with Crippen molar-refractivity contribution in [3.05, 3.63) is 22.2 Å². The number of nitrogens with one attached hydrogen (secondary N) is 1. The molecule has 0 aliphatic rings. The fourth-order valence-corrected chi connectivity index (χ4v) is 2.37. The quantitative estimate of drug-likeness (QED) is 0.842. The molecule has 1 aromatic carbocycles. The first-order valence-electron chi connectivity index (χ1n) is 6.33. The SMILES string of the molecule is COc1cc(Br)cc(C)c1NC(=O)CCCC(C)N. The summed E-state index contributed by atoms with van der Waals surface area (Å²) in [5, 5.41) is 2.91. The van der Waals surface area contributed by atoms with Gasteiger partial charge in [0.15, 0.2) is 0 Å². The van der Waals surface area contributed by atoms with Gasteiger partial charge in [0.05, 0.1) is 12.8 Å². The summed E-state index contributed by atoms with van der Waals surface area (Å²) in [7, 11) is 1.59. The number of benzene rings is 1. The first-order chi connectivity index (χ1) is 8.93. The third-order valence-electron chi connectivity index (χ3n) is 2.81. The molecule has 0 saturated heterocycles. The second kappa shape index (κ2) is 7.50. The smallest absolute Gasteiger partial charge is 0.224 e. The van der Waals surface area contributed by atoms with Gasteiger partial charge in [0.25, 0.3) is 0 Å². The second-order valence-electron chi connectivity index (χ2n) is 4.72. The molecule has 4 nitrogen and oxygen atoms in total. The number of carbonyl (C=O) groups is 1. The summed E-state index contributed by atoms with van der Waals surface area (Å²) in [4.78, 5) is 11.9. The van der Waals surface area contributed by atoms with E-state index in [1.54, 1.807) is 7.11 Å². The summed E-state index contributed by atoms with van der Waals surface area (Å²) in [5.41, 5.74) is 7.36. The van der Waals surface area contributed by atoms with E-state index in [0.717, 1.165) is 28.6 Å². The van der Waals surface area contributed by atoms with Crippen LogP contribution in [0.25, 0.3) is 0 Å². The maximum Gasteiger partial charge on any atom is 0.224 e. The van der Waals surface area contributed by atoms with Crippen LogP contribution >= 0.6 is 15.9 Å². The van der Waals surface area contributed by atoms with Crippen molar-refractivity contribution in [1.29, 1.82) is 0 Å². The van der Waals surface area contributed by atoms with E-state index < -0.39 is 0 Å². The molecule has 0 aromatic heterocycles. The van der Waals surface area contributed by atoms with Gasteiger partial charge in [0, 0.05) is 16.9 Å². The van der Waals surface area contributed by atoms with Crippen molar-refractivity contribution in [2.75, 3.05) is 12.4 Å². The van der Waals surface area contributed by atoms with Crippen LogP contribution < -0.4 is 15.8 Å². The highest BCUT2D eigenvalue weighted by Crippen LogP contribution is 2.32. The predicted octanol–water partition coefficient (Wildman–Crippen LogP) is 3.22. The van der Waals surface area contributed by atoms with E-state index >= 15 is 0 Å². The lowest BCUT2D eigenvalue weighted by molar-refractivity contribution is -0.116. The van der Waals surface area contributed by atoms with Crippen LogP contribution in [0.1, 0.15) is 31.7 Å². The molecule has 106 valence electrons. The number of rotatable bonds is 6. The van der Waals surface area contributed by atoms with Crippen LogP contribution in [-0.2, 0) is 4.79 Å². The van der Waals surface area contributed by atoms with Gasteiger partial charge >= 0.3 is 0 Å². The van der Waals surface area contributed by atoms with Gasteiger partial charge in [-0.3, -0.25) is 4.79 Å². The van der Waals surface area contributed by atoms with Crippen molar-refractivity contribution >= 4 is 27.5 Å². The van der Waals surface area contributed by atoms with Crippen LogP contribution in [0.3, 0.4) is 0 Å². The number of carbonyl (C=O) groups excluding carboxylic acids is 1. The molecule has 1 amide bonds. The van der Waals surface area contributed by atoms with E-state index in [1.165, 1.54) is 0 Å². The van der Waals surface area contributed by atoms with E-state index in [0.29, 0.717) is 12.2 Å². The summed E-state index contributed by atoms with van der Waals surface area (Å²) in [6, 6.07) is 3.92. The number of anilines is 1. The highest BCUT2D eigenvalue weighted by molar-refractivity contribution is 9.10. The zero-order chi connectivity index (χ0) is 14.4. The number of nitrogens with two attached hydrogens (primary N) is 1. The molecule has 0 spiro atoms. The van der Waals surface area contributed by atoms with Crippen LogP contribution in [0.5, 0.6) is 5.75 Å². The van der Waals surface area contributed by atoms with Crippen LogP contribution in [0.4, 0.5) is 5.69 Å². The molecule has 3 N–H and O–H groups in total. The summed E-state index contributed by atoms with van der Waals surface area (Å²) in [6.07, 6.45) is 2.12. The van der Waals surface area contributed by atoms with Gasteiger partial charge < -0.3 is 15.8 Å². The molecule has 19 heavy (non-hydrogen) atoms. The molecule has 0 radical (unpaired) electrons. The first kappa shape index (κ1) is 16.0. The molecule has 1 rings (SSSR count). The maximum atomic E-state index is 11.9.